The van der Waals surface area contributed by atoms with E-state index < -0.39 is 0 Å². The zero-order valence-corrected chi connectivity index (χ0v) is 15.4. The first-order valence-corrected chi connectivity index (χ1v) is 8.73. The molecule has 25 heavy (non-hydrogen) atoms. The normalized spacial score (nSPS) is 12.0. The standard InChI is InChI=1S/C21H28N2O2/c1-17-10-7-8-13-20(17)25-15-9-14-21(24)22-19(16-23(2)3)18-11-5-4-6-12-18/h4-8,10-13,19H,9,14-16H2,1-3H3,(H,22,24). The third-order valence-electron chi connectivity index (χ3n) is 3.98. The summed E-state index contributed by atoms with van der Waals surface area (Å²) in [6, 6.07) is 18.0. The average molecular weight is 340 g/mol. The number of aryl methyl sites for hydroxylation is 1. The molecular weight excluding hydrogens is 312 g/mol. The summed E-state index contributed by atoms with van der Waals surface area (Å²) in [5.41, 5.74) is 2.24. The number of nitrogens with one attached hydrogen (secondary N) is 1. The largest absolute Gasteiger partial charge is 0.493 e. The van der Waals surface area contributed by atoms with Crippen molar-refractivity contribution in [2.75, 3.05) is 27.2 Å². The Morgan fingerprint density at radius 2 is 1.76 bits per heavy atom. The first-order valence-electron chi connectivity index (χ1n) is 8.73. The molecule has 1 amide bonds. The zero-order valence-electron chi connectivity index (χ0n) is 15.4. The summed E-state index contributed by atoms with van der Waals surface area (Å²) in [6.07, 6.45) is 1.16. The van der Waals surface area contributed by atoms with Crippen molar-refractivity contribution in [1.29, 1.82) is 0 Å². The van der Waals surface area contributed by atoms with Crippen LogP contribution in [-0.4, -0.2) is 38.1 Å². The van der Waals surface area contributed by atoms with Crippen LogP contribution in [0.3, 0.4) is 0 Å². The second-order valence-corrected chi connectivity index (χ2v) is 6.51. The lowest BCUT2D eigenvalue weighted by Gasteiger charge is -2.23. The van der Waals surface area contributed by atoms with Crippen LogP contribution in [-0.2, 0) is 4.79 Å². The molecule has 0 fully saturated rings. The molecule has 2 aromatic carbocycles. The minimum absolute atomic E-state index is 0.000913. The van der Waals surface area contributed by atoms with Crippen molar-refractivity contribution in [2.24, 2.45) is 0 Å². The van der Waals surface area contributed by atoms with Gasteiger partial charge in [0, 0.05) is 13.0 Å². The Bertz CT molecular complexity index is 656. The van der Waals surface area contributed by atoms with Crippen LogP contribution in [0.15, 0.2) is 54.6 Å². The van der Waals surface area contributed by atoms with Crippen molar-refractivity contribution in [1.82, 2.24) is 10.2 Å². The van der Waals surface area contributed by atoms with Crippen LogP contribution >= 0.6 is 0 Å². The highest BCUT2D eigenvalue weighted by Gasteiger charge is 2.15. The van der Waals surface area contributed by atoms with Gasteiger partial charge in [-0.3, -0.25) is 4.79 Å². The lowest BCUT2D eigenvalue weighted by atomic mass is 10.1. The number of nitrogens with zero attached hydrogens (tertiary/aromatic N) is 1. The number of carbonyl (C=O) groups is 1. The Hall–Kier alpha value is -2.33. The van der Waals surface area contributed by atoms with Gasteiger partial charge in [0.25, 0.3) is 0 Å². The Kier molecular flexibility index (Phi) is 7.48. The van der Waals surface area contributed by atoms with Gasteiger partial charge in [-0.25, -0.2) is 0 Å². The Labute approximate surface area is 150 Å². The summed E-state index contributed by atoms with van der Waals surface area (Å²) in [4.78, 5) is 14.4. The van der Waals surface area contributed by atoms with Gasteiger partial charge in [-0.15, -0.1) is 0 Å². The highest BCUT2D eigenvalue weighted by Crippen LogP contribution is 2.17. The number of carbonyl (C=O) groups excluding carboxylic acids is 1. The third kappa shape index (κ3) is 6.59. The van der Waals surface area contributed by atoms with E-state index in [1.54, 1.807) is 0 Å². The summed E-state index contributed by atoms with van der Waals surface area (Å²) in [5, 5.41) is 3.14. The zero-order chi connectivity index (χ0) is 18.1. The van der Waals surface area contributed by atoms with Crippen LogP contribution in [0.1, 0.15) is 30.0 Å². The summed E-state index contributed by atoms with van der Waals surface area (Å²) in [5.74, 6) is 0.946. The molecule has 0 radical (unpaired) electrons. The molecule has 0 saturated heterocycles. The summed E-state index contributed by atoms with van der Waals surface area (Å²) in [7, 11) is 4.02. The number of hydrogen-bond acceptors (Lipinski definition) is 3. The van der Waals surface area contributed by atoms with Gasteiger partial charge in [0.2, 0.25) is 5.91 Å². The molecule has 0 aliphatic rings. The number of benzene rings is 2. The Balaban J connectivity index is 1.80. The van der Waals surface area contributed by atoms with Gasteiger partial charge in [-0.05, 0) is 44.6 Å². The fourth-order valence-electron chi connectivity index (χ4n) is 2.68. The number of likely N-dealkylation sites (N-methyl/N-ethyl adjacent to an activating group) is 1. The molecule has 4 nitrogen and oxygen atoms in total. The molecule has 0 aromatic heterocycles. The summed E-state index contributed by atoms with van der Waals surface area (Å²) >= 11 is 0. The maximum absolute atomic E-state index is 12.3. The second-order valence-electron chi connectivity index (χ2n) is 6.51. The van der Waals surface area contributed by atoms with Crippen LogP contribution < -0.4 is 10.1 Å². The van der Waals surface area contributed by atoms with Crippen LogP contribution in [0, 0.1) is 6.92 Å². The minimum Gasteiger partial charge on any atom is -0.493 e. The van der Waals surface area contributed by atoms with Crippen molar-refractivity contribution in [2.45, 2.75) is 25.8 Å². The van der Waals surface area contributed by atoms with Gasteiger partial charge in [0.15, 0.2) is 0 Å². The molecule has 0 heterocycles. The molecule has 0 saturated carbocycles. The van der Waals surface area contributed by atoms with E-state index in [0.29, 0.717) is 19.4 Å². The van der Waals surface area contributed by atoms with Crippen LogP contribution in [0.2, 0.25) is 0 Å². The molecule has 2 rings (SSSR count). The number of para-hydroxylation sites is 1. The Morgan fingerprint density at radius 1 is 1.08 bits per heavy atom. The number of amides is 1. The SMILES string of the molecule is Cc1ccccc1OCCCC(=O)NC(CN(C)C)c1ccccc1. The third-order valence-corrected chi connectivity index (χ3v) is 3.98. The fourth-order valence-corrected chi connectivity index (χ4v) is 2.68. The van der Waals surface area contributed by atoms with Gasteiger partial charge in [0.1, 0.15) is 5.75 Å². The maximum atomic E-state index is 12.3. The highest BCUT2D eigenvalue weighted by atomic mass is 16.5. The molecule has 0 aliphatic heterocycles. The molecule has 1 atom stereocenters. The van der Waals surface area contributed by atoms with E-state index >= 15 is 0 Å². The predicted molar refractivity (Wildman–Crippen MR) is 102 cm³/mol. The molecular formula is C21H28N2O2. The molecule has 1 N–H and O–H groups in total. The van der Waals surface area contributed by atoms with Gasteiger partial charge >= 0.3 is 0 Å². The summed E-state index contributed by atoms with van der Waals surface area (Å²) in [6.45, 7) is 3.34. The molecule has 0 aliphatic carbocycles. The molecule has 4 heteroatoms. The lowest BCUT2D eigenvalue weighted by Crippen LogP contribution is -2.35. The first kappa shape index (κ1) is 19.0. The number of hydrogen-bond donors (Lipinski definition) is 1. The van der Waals surface area contributed by atoms with E-state index in [2.05, 4.69) is 22.3 Å². The van der Waals surface area contributed by atoms with Crippen LogP contribution in [0.5, 0.6) is 5.75 Å². The first-order chi connectivity index (χ1) is 12.1. The highest BCUT2D eigenvalue weighted by molar-refractivity contribution is 5.76. The van der Waals surface area contributed by atoms with Crippen molar-refractivity contribution < 1.29 is 9.53 Å². The van der Waals surface area contributed by atoms with Crippen LogP contribution in [0.25, 0.3) is 0 Å². The van der Waals surface area contributed by atoms with Crippen LogP contribution in [0.4, 0.5) is 0 Å². The van der Waals surface area contributed by atoms with Gasteiger partial charge in [0.05, 0.1) is 12.6 Å². The number of rotatable bonds is 9. The van der Waals surface area contributed by atoms with E-state index in [0.717, 1.165) is 23.4 Å². The van der Waals surface area contributed by atoms with E-state index in [4.69, 9.17) is 4.74 Å². The van der Waals surface area contributed by atoms with Crippen molar-refractivity contribution in [3.05, 3.63) is 65.7 Å². The van der Waals surface area contributed by atoms with Gasteiger partial charge in [-0.2, -0.15) is 0 Å². The summed E-state index contributed by atoms with van der Waals surface area (Å²) < 4.78 is 5.75. The van der Waals surface area contributed by atoms with E-state index in [9.17, 15) is 4.79 Å². The van der Waals surface area contributed by atoms with E-state index in [1.807, 2.05) is 63.5 Å². The Morgan fingerprint density at radius 3 is 2.44 bits per heavy atom. The number of ether oxygens (including phenoxy) is 1. The van der Waals surface area contributed by atoms with Crippen molar-refractivity contribution in [3.8, 4) is 5.75 Å². The monoisotopic (exact) mass is 340 g/mol. The molecule has 0 bridgehead atoms. The van der Waals surface area contributed by atoms with Gasteiger partial charge in [-0.1, -0.05) is 48.5 Å². The molecule has 0 spiro atoms. The van der Waals surface area contributed by atoms with Gasteiger partial charge < -0.3 is 15.0 Å². The average Bonchev–Trinajstić information content (AvgIpc) is 2.60. The van der Waals surface area contributed by atoms with Crippen molar-refractivity contribution >= 4 is 5.91 Å². The topological polar surface area (TPSA) is 41.6 Å². The predicted octanol–water partition coefficient (Wildman–Crippen LogP) is 3.57. The fraction of sp³-hybridized carbons (Fsp3) is 0.381. The van der Waals surface area contributed by atoms with E-state index in [1.165, 1.54) is 0 Å². The van der Waals surface area contributed by atoms with Crippen molar-refractivity contribution in [3.63, 3.8) is 0 Å². The molecule has 1 unspecified atom stereocenters. The quantitative estimate of drug-likeness (QED) is 0.710. The minimum atomic E-state index is 0.000913. The smallest absolute Gasteiger partial charge is 0.220 e. The molecule has 134 valence electrons. The second kappa shape index (κ2) is 9.84. The lowest BCUT2D eigenvalue weighted by molar-refractivity contribution is -0.122. The molecule has 2 aromatic rings. The maximum Gasteiger partial charge on any atom is 0.220 e. The van der Waals surface area contributed by atoms with E-state index in [-0.39, 0.29) is 11.9 Å².